The van der Waals surface area contributed by atoms with Crippen molar-refractivity contribution < 1.29 is 23.4 Å². The van der Waals surface area contributed by atoms with Gasteiger partial charge in [0.15, 0.2) is 22.8 Å². The molecule has 1 aliphatic rings. The number of fused-ring (bicyclic) bond motifs is 3. The van der Waals surface area contributed by atoms with Crippen molar-refractivity contribution in [1.82, 2.24) is 0 Å². The van der Waals surface area contributed by atoms with Crippen molar-refractivity contribution >= 4 is 21.7 Å². The topological polar surface area (TPSA) is 50.1 Å². The average molecular weight is 438 g/mol. The van der Waals surface area contributed by atoms with Gasteiger partial charge in [0.05, 0.1) is 7.11 Å². The highest BCUT2D eigenvalue weighted by Gasteiger charge is 2.19. The first kappa shape index (κ1) is 19.6. The second-order valence-electron chi connectivity index (χ2n) is 8.09. The van der Waals surface area contributed by atoms with Crippen LogP contribution < -0.4 is 18.9 Å². The van der Waals surface area contributed by atoms with E-state index in [-0.39, 0.29) is 6.79 Å². The zero-order valence-corrected chi connectivity index (χ0v) is 18.4. The Labute approximate surface area is 191 Å². The summed E-state index contributed by atoms with van der Waals surface area (Å²) in [4.78, 5) is 0. The van der Waals surface area contributed by atoms with E-state index in [9.17, 15) is 0 Å². The Morgan fingerprint density at radius 2 is 1.64 bits per heavy atom. The Hall–Kier alpha value is -4.12. The van der Waals surface area contributed by atoms with Crippen LogP contribution in [0.15, 0.2) is 77.2 Å². The van der Waals surface area contributed by atoms with Crippen molar-refractivity contribution in [1.29, 1.82) is 0 Å². The van der Waals surface area contributed by atoms with Gasteiger partial charge < -0.3 is 23.4 Å². The maximum Gasteiger partial charge on any atom is 0.231 e. The lowest BCUT2D eigenvalue weighted by atomic mass is 9.97. The van der Waals surface area contributed by atoms with Gasteiger partial charge in [-0.2, -0.15) is 0 Å². The lowest BCUT2D eigenvalue weighted by Gasteiger charge is -2.14. The number of methoxy groups -OCH3 is 1. The summed E-state index contributed by atoms with van der Waals surface area (Å²) >= 11 is 0. The van der Waals surface area contributed by atoms with Gasteiger partial charge in [-0.25, -0.2) is 0 Å². The number of rotatable bonds is 5. The molecule has 0 N–H and O–H groups in total. The Bertz CT molecular complexity index is 1480. The minimum Gasteiger partial charge on any atom is -0.493 e. The maximum absolute atomic E-state index is 6.34. The van der Waals surface area contributed by atoms with E-state index >= 15 is 0 Å². The van der Waals surface area contributed by atoms with Crippen LogP contribution in [0.3, 0.4) is 0 Å². The third kappa shape index (κ3) is 3.42. The normalized spacial score (nSPS) is 12.4. The molecule has 2 heterocycles. The molecule has 0 radical (unpaired) electrons. The second kappa shape index (κ2) is 7.78. The first-order chi connectivity index (χ1) is 16.2. The van der Waals surface area contributed by atoms with Crippen molar-refractivity contribution in [3.8, 4) is 34.1 Å². The van der Waals surface area contributed by atoms with Crippen LogP contribution in [-0.4, -0.2) is 13.9 Å². The van der Waals surface area contributed by atoms with Gasteiger partial charge in [-0.1, -0.05) is 30.3 Å². The third-order valence-corrected chi connectivity index (χ3v) is 5.95. The Morgan fingerprint density at radius 1 is 0.818 bits per heavy atom. The molecule has 0 spiro atoms. The van der Waals surface area contributed by atoms with Crippen LogP contribution in [0.5, 0.6) is 23.0 Å². The van der Waals surface area contributed by atoms with E-state index in [2.05, 4.69) is 30.3 Å². The summed E-state index contributed by atoms with van der Waals surface area (Å²) in [6.45, 7) is 2.64. The number of furan rings is 1. The molecule has 0 saturated carbocycles. The SMILES string of the molecule is COc1ccc(-c2cc(OCc3ccccc3)c3cc4c(cc3c2)OCO4)c2cc(C)oc12. The molecule has 1 aliphatic heterocycles. The van der Waals surface area contributed by atoms with Crippen LogP contribution in [0.4, 0.5) is 0 Å². The zero-order valence-electron chi connectivity index (χ0n) is 18.4. The number of aryl methyl sites for hydroxylation is 1. The highest BCUT2D eigenvalue weighted by molar-refractivity contribution is 6.02. The van der Waals surface area contributed by atoms with Gasteiger partial charge in [-0.05, 0) is 71.5 Å². The molecule has 1 aromatic heterocycles. The number of ether oxygens (including phenoxy) is 4. The van der Waals surface area contributed by atoms with E-state index in [4.69, 9.17) is 23.4 Å². The highest BCUT2D eigenvalue weighted by Crippen LogP contribution is 2.43. The fraction of sp³-hybridized carbons (Fsp3) is 0.143. The van der Waals surface area contributed by atoms with Crippen LogP contribution in [0.2, 0.25) is 0 Å². The Balaban J connectivity index is 1.53. The summed E-state index contributed by atoms with van der Waals surface area (Å²) in [6.07, 6.45) is 0. The van der Waals surface area contributed by atoms with Gasteiger partial charge in [0.25, 0.3) is 0 Å². The van der Waals surface area contributed by atoms with Crippen molar-refractivity contribution in [2.45, 2.75) is 13.5 Å². The molecule has 0 aliphatic carbocycles. The lowest BCUT2D eigenvalue weighted by Crippen LogP contribution is -1.96. The minimum atomic E-state index is 0.228. The van der Waals surface area contributed by atoms with Gasteiger partial charge in [0.2, 0.25) is 6.79 Å². The standard InChI is InChI=1S/C28H22O5/c1-17-10-23-21(8-9-24(29-2)28(23)33-17)19-11-20-13-26-27(32-16-31-26)14-22(20)25(12-19)30-15-18-6-4-3-5-7-18/h3-14H,15-16H2,1-2H3. The Kier molecular flexibility index (Phi) is 4.61. The largest absolute Gasteiger partial charge is 0.493 e. The Morgan fingerprint density at radius 3 is 2.45 bits per heavy atom. The van der Waals surface area contributed by atoms with E-state index in [0.717, 1.165) is 61.4 Å². The number of hydrogen-bond acceptors (Lipinski definition) is 5. The average Bonchev–Trinajstić information content (AvgIpc) is 3.46. The van der Waals surface area contributed by atoms with Gasteiger partial charge in [0.1, 0.15) is 18.1 Å². The van der Waals surface area contributed by atoms with Gasteiger partial charge in [-0.3, -0.25) is 0 Å². The van der Waals surface area contributed by atoms with Crippen LogP contribution in [0.1, 0.15) is 11.3 Å². The van der Waals surface area contributed by atoms with Crippen LogP contribution in [0.25, 0.3) is 32.9 Å². The van der Waals surface area contributed by atoms with Gasteiger partial charge in [-0.15, -0.1) is 0 Å². The molecule has 0 unspecified atom stereocenters. The first-order valence-electron chi connectivity index (χ1n) is 10.8. The molecule has 4 aromatic carbocycles. The maximum atomic E-state index is 6.34. The van der Waals surface area contributed by atoms with Gasteiger partial charge in [0, 0.05) is 10.8 Å². The van der Waals surface area contributed by atoms with E-state index in [1.54, 1.807) is 7.11 Å². The monoisotopic (exact) mass is 438 g/mol. The third-order valence-electron chi connectivity index (χ3n) is 5.95. The molecule has 0 saturated heterocycles. The van der Waals surface area contributed by atoms with Crippen molar-refractivity contribution in [3.63, 3.8) is 0 Å². The molecule has 0 amide bonds. The minimum absolute atomic E-state index is 0.228. The predicted molar refractivity (Wildman–Crippen MR) is 127 cm³/mol. The molecule has 33 heavy (non-hydrogen) atoms. The molecule has 5 heteroatoms. The summed E-state index contributed by atoms with van der Waals surface area (Å²) in [5, 5.41) is 3.00. The number of hydrogen-bond donors (Lipinski definition) is 0. The fourth-order valence-corrected chi connectivity index (χ4v) is 4.36. The molecule has 164 valence electrons. The quantitative estimate of drug-likeness (QED) is 0.299. The molecule has 0 fully saturated rings. The van der Waals surface area contributed by atoms with E-state index in [0.29, 0.717) is 12.4 Å². The summed E-state index contributed by atoms with van der Waals surface area (Å²) in [5.74, 6) is 3.81. The second-order valence-corrected chi connectivity index (χ2v) is 8.09. The summed E-state index contributed by atoms with van der Waals surface area (Å²) in [5.41, 5.74) is 3.92. The molecule has 5 nitrogen and oxygen atoms in total. The van der Waals surface area contributed by atoms with Crippen molar-refractivity contribution in [3.05, 3.63) is 84.1 Å². The zero-order chi connectivity index (χ0) is 22.4. The molecule has 0 bridgehead atoms. The summed E-state index contributed by atoms with van der Waals surface area (Å²) < 4.78 is 29.1. The van der Waals surface area contributed by atoms with Crippen LogP contribution in [0, 0.1) is 6.92 Å². The van der Waals surface area contributed by atoms with E-state index < -0.39 is 0 Å². The first-order valence-corrected chi connectivity index (χ1v) is 10.8. The molecular formula is C28H22O5. The van der Waals surface area contributed by atoms with Crippen LogP contribution >= 0.6 is 0 Å². The molecular weight excluding hydrogens is 416 g/mol. The molecule has 5 aromatic rings. The summed E-state index contributed by atoms with van der Waals surface area (Å²) in [7, 11) is 1.65. The number of benzene rings is 4. The van der Waals surface area contributed by atoms with Crippen LogP contribution in [-0.2, 0) is 6.61 Å². The van der Waals surface area contributed by atoms with Crippen molar-refractivity contribution in [2.75, 3.05) is 13.9 Å². The fourth-order valence-electron chi connectivity index (χ4n) is 4.36. The predicted octanol–water partition coefficient (Wildman–Crippen LogP) is 6.88. The van der Waals surface area contributed by atoms with E-state index in [1.165, 1.54) is 0 Å². The smallest absolute Gasteiger partial charge is 0.231 e. The highest BCUT2D eigenvalue weighted by atomic mass is 16.7. The molecule has 6 rings (SSSR count). The van der Waals surface area contributed by atoms with Crippen molar-refractivity contribution in [2.24, 2.45) is 0 Å². The van der Waals surface area contributed by atoms with Gasteiger partial charge >= 0.3 is 0 Å². The lowest BCUT2D eigenvalue weighted by molar-refractivity contribution is 0.174. The molecule has 0 atom stereocenters. The summed E-state index contributed by atoms with van der Waals surface area (Å²) in [6, 6.07) is 24.4. The van der Waals surface area contributed by atoms with E-state index in [1.807, 2.05) is 49.4 Å².